The third-order valence-electron chi connectivity index (χ3n) is 5.13. The average molecular weight is 522 g/mol. The van der Waals surface area contributed by atoms with Crippen LogP contribution in [0.4, 0.5) is 0 Å². The van der Waals surface area contributed by atoms with Crippen molar-refractivity contribution in [3.8, 4) is 11.5 Å². The number of hydrogen-bond acceptors (Lipinski definition) is 6. The maximum absolute atomic E-state index is 12.1. The molecule has 0 aliphatic rings. The molecule has 6 nitrogen and oxygen atoms in total. The lowest BCUT2D eigenvalue weighted by Crippen LogP contribution is -2.04. The molecule has 184 valence electrons. The molecular weight excluding hydrogens is 498 g/mol. The lowest BCUT2D eigenvalue weighted by Gasteiger charge is -2.17. The molecule has 36 heavy (non-hydrogen) atoms. The molecule has 0 aliphatic carbocycles. The van der Waals surface area contributed by atoms with Crippen LogP contribution in [0.15, 0.2) is 87.9 Å². The Bertz CT molecular complexity index is 1400. The van der Waals surface area contributed by atoms with Crippen LogP contribution in [0, 0.1) is 0 Å². The van der Waals surface area contributed by atoms with E-state index in [1.807, 2.05) is 55.5 Å². The van der Waals surface area contributed by atoms with Gasteiger partial charge in [-0.3, -0.25) is 0 Å². The van der Waals surface area contributed by atoms with Crippen LogP contribution < -0.4 is 9.47 Å². The summed E-state index contributed by atoms with van der Waals surface area (Å²) in [7, 11) is 0. The van der Waals surface area contributed by atoms with Gasteiger partial charge in [-0.15, -0.1) is 6.58 Å². The Morgan fingerprint density at radius 2 is 1.92 bits per heavy atom. The van der Waals surface area contributed by atoms with Crippen molar-refractivity contribution in [2.75, 3.05) is 6.61 Å². The number of benzene rings is 3. The van der Waals surface area contributed by atoms with Crippen LogP contribution in [0.1, 0.15) is 23.6 Å². The maximum Gasteiger partial charge on any atom is 0.342 e. The number of halogens is 1. The van der Waals surface area contributed by atoms with Crippen molar-refractivity contribution in [1.82, 2.24) is 4.98 Å². The lowest BCUT2D eigenvalue weighted by molar-refractivity contribution is -0.131. The molecule has 0 radical (unpaired) electrons. The summed E-state index contributed by atoms with van der Waals surface area (Å²) >= 11 is 7.24. The van der Waals surface area contributed by atoms with E-state index in [0.717, 1.165) is 22.9 Å². The van der Waals surface area contributed by atoms with Crippen LogP contribution in [-0.2, 0) is 17.8 Å². The van der Waals surface area contributed by atoms with Crippen molar-refractivity contribution in [2.45, 2.75) is 25.2 Å². The molecule has 1 heterocycles. The predicted molar refractivity (Wildman–Crippen MR) is 143 cm³/mol. The van der Waals surface area contributed by atoms with Gasteiger partial charge in [-0.1, -0.05) is 48.0 Å². The molecule has 4 rings (SSSR count). The van der Waals surface area contributed by atoms with Crippen molar-refractivity contribution in [3.63, 3.8) is 0 Å². The largest absolute Gasteiger partial charge is 0.490 e. The second-order valence-corrected chi connectivity index (χ2v) is 9.08. The summed E-state index contributed by atoms with van der Waals surface area (Å²) in [4.78, 5) is 16.5. The van der Waals surface area contributed by atoms with E-state index in [-0.39, 0.29) is 16.7 Å². The fraction of sp³-hybridized carbons (Fsp3) is 0.143. The van der Waals surface area contributed by atoms with E-state index in [0.29, 0.717) is 46.2 Å². The third-order valence-corrected chi connectivity index (χ3v) is 6.36. The van der Waals surface area contributed by atoms with E-state index in [9.17, 15) is 9.90 Å². The minimum atomic E-state index is -1.09. The molecule has 0 saturated carbocycles. The van der Waals surface area contributed by atoms with E-state index < -0.39 is 5.97 Å². The number of aliphatic carboxylic acids is 1. The first-order valence-electron chi connectivity index (χ1n) is 11.2. The quantitative estimate of drug-likeness (QED) is 0.125. The number of para-hydroxylation sites is 2. The SMILES string of the molecule is C=CCc1cc(/C=C(/Sc2nc3ccccc3o2)C(=O)O)cc(OCC)c1OCc1ccccc1Cl. The number of aromatic nitrogens is 1. The molecular formula is C28H24ClNO5S. The van der Waals surface area contributed by atoms with Gasteiger partial charge in [-0.2, -0.15) is 0 Å². The Morgan fingerprint density at radius 3 is 2.64 bits per heavy atom. The number of fused-ring (bicyclic) bond motifs is 1. The second-order valence-electron chi connectivity index (χ2n) is 7.68. The minimum Gasteiger partial charge on any atom is -0.490 e. The van der Waals surface area contributed by atoms with E-state index in [2.05, 4.69) is 11.6 Å². The molecule has 4 aromatic rings. The van der Waals surface area contributed by atoms with Crippen molar-refractivity contribution in [1.29, 1.82) is 0 Å². The normalized spacial score (nSPS) is 11.4. The highest BCUT2D eigenvalue weighted by Crippen LogP contribution is 2.37. The summed E-state index contributed by atoms with van der Waals surface area (Å²) in [5.74, 6) is -0.0198. The van der Waals surface area contributed by atoms with Crippen molar-refractivity contribution < 1.29 is 23.8 Å². The summed E-state index contributed by atoms with van der Waals surface area (Å²) in [6.45, 7) is 6.39. The Hall–Kier alpha value is -3.68. The number of carboxylic acid groups (broad SMARTS) is 1. The van der Waals surface area contributed by atoms with Crippen molar-refractivity contribution >= 4 is 46.5 Å². The topological polar surface area (TPSA) is 81.8 Å². The summed E-state index contributed by atoms with van der Waals surface area (Å²) in [6.07, 6.45) is 3.82. The number of carbonyl (C=O) groups is 1. The molecule has 0 unspecified atom stereocenters. The fourth-order valence-electron chi connectivity index (χ4n) is 3.54. The van der Waals surface area contributed by atoms with Gasteiger partial charge in [0.1, 0.15) is 17.0 Å². The standard InChI is InChI=1S/C28H24ClNO5S/c1-3-9-19-14-18(15-24(33-4-2)26(19)34-17-20-10-5-6-11-21(20)29)16-25(27(31)32)36-28-30-22-12-7-8-13-23(22)35-28/h3,5-8,10-16H,1,4,9,17H2,2H3,(H,31,32)/b25-16+. The fourth-order valence-corrected chi connectivity index (χ4v) is 4.48. The van der Waals surface area contributed by atoms with Crippen molar-refractivity contribution in [3.05, 3.63) is 99.9 Å². The van der Waals surface area contributed by atoms with Crippen LogP contribution in [0.3, 0.4) is 0 Å². The molecule has 0 bridgehead atoms. The number of allylic oxidation sites excluding steroid dienone is 1. The zero-order valence-corrected chi connectivity index (χ0v) is 21.1. The van der Waals surface area contributed by atoms with E-state index in [1.54, 1.807) is 24.3 Å². The maximum atomic E-state index is 12.1. The third kappa shape index (κ3) is 6.11. The molecule has 0 spiro atoms. The van der Waals surface area contributed by atoms with E-state index in [4.69, 9.17) is 25.5 Å². The molecule has 0 amide bonds. The summed E-state index contributed by atoms with van der Waals surface area (Å²) in [5.41, 5.74) is 3.55. The monoisotopic (exact) mass is 521 g/mol. The zero-order valence-electron chi connectivity index (χ0n) is 19.6. The first-order valence-corrected chi connectivity index (χ1v) is 12.4. The van der Waals surface area contributed by atoms with Gasteiger partial charge in [-0.25, -0.2) is 9.78 Å². The number of rotatable bonds is 11. The molecule has 0 atom stereocenters. The van der Waals surface area contributed by atoms with Gasteiger partial charge in [0.2, 0.25) is 0 Å². The highest BCUT2D eigenvalue weighted by Gasteiger charge is 2.18. The summed E-state index contributed by atoms with van der Waals surface area (Å²) in [6, 6.07) is 18.4. The van der Waals surface area contributed by atoms with Crippen molar-refractivity contribution in [2.24, 2.45) is 0 Å². The minimum absolute atomic E-state index is 0.0540. The summed E-state index contributed by atoms with van der Waals surface area (Å²) < 4.78 is 17.7. The molecule has 3 aromatic carbocycles. The Balaban J connectivity index is 1.68. The van der Waals surface area contributed by atoms with Crippen LogP contribution >= 0.6 is 23.4 Å². The Labute approximate surface area is 218 Å². The lowest BCUT2D eigenvalue weighted by atomic mass is 10.0. The van der Waals surface area contributed by atoms with Gasteiger partial charge in [0, 0.05) is 16.1 Å². The van der Waals surface area contributed by atoms with Gasteiger partial charge in [0.15, 0.2) is 17.1 Å². The Kier molecular flexibility index (Phi) is 8.36. The van der Waals surface area contributed by atoms with E-state index in [1.165, 1.54) is 0 Å². The first-order chi connectivity index (χ1) is 17.5. The van der Waals surface area contributed by atoms with Gasteiger partial charge < -0.3 is 19.0 Å². The molecule has 8 heteroatoms. The Morgan fingerprint density at radius 1 is 1.14 bits per heavy atom. The number of ether oxygens (including phenoxy) is 2. The number of nitrogens with zero attached hydrogens (tertiary/aromatic N) is 1. The number of carboxylic acids is 1. The highest BCUT2D eigenvalue weighted by atomic mass is 35.5. The van der Waals surface area contributed by atoms with Crippen LogP contribution in [0.2, 0.25) is 5.02 Å². The van der Waals surface area contributed by atoms with Crippen LogP contribution in [0.25, 0.3) is 17.2 Å². The molecule has 1 N–H and O–H groups in total. The van der Waals surface area contributed by atoms with Crippen LogP contribution in [-0.4, -0.2) is 22.7 Å². The first kappa shape index (κ1) is 25.4. The van der Waals surface area contributed by atoms with Gasteiger partial charge in [0.25, 0.3) is 5.22 Å². The zero-order chi connectivity index (χ0) is 25.5. The molecule has 0 aliphatic heterocycles. The average Bonchev–Trinajstić information content (AvgIpc) is 3.27. The number of oxazole rings is 1. The molecule has 0 saturated heterocycles. The second kappa shape index (κ2) is 11.8. The molecule has 0 fully saturated rings. The smallest absolute Gasteiger partial charge is 0.342 e. The summed E-state index contributed by atoms with van der Waals surface area (Å²) in [5, 5.41) is 10.7. The van der Waals surface area contributed by atoms with Crippen LogP contribution in [0.5, 0.6) is 11.5 Å². The van der Waals surface area contributed by atoms with Gasteiger partial charge in [-0.05, 0) is 67.1 Å². The number of hydrogen-bond donors (Lipinski definition) is 1. The highest BCUT2D eigenvalue weighted by molar-refractivity contribution is 8.03. The number of thioether (sulfide) groups is 1. The molecule has 1 aromatic heterocycles. The van der Waals surface area contributed by atoms with E-state index >= 15 is 0 Å². The van der Waals surface area contributed by atoms with Gasteiger partial charge in [0.05, 0.1) is 6.61 Å². The predicted octanol–water partition coefficient (Wildman–Crippen LogP) is 7.41. The van der Waals surface area contributed by atoms with Gasteiger partial charge >= 0.3 is 5.97 Å².